The van der Waals surface area contributed by atoms with Crippen molar-refractivity contribution in [2.45, 2.75) is 51.2 Å². The minimum Gasteiger partial charge on any atom is -0.351 e. The van der Waals surface area contributed by atoms with E-state index in [-0.39, 0.29) is 0 Å². The van der Waals surface area contributed by atoms with E-state index >= 15 is 0 Å². The Hall–Kier alpha value is -2.26. The van der Waals surface area contributed by atoms with Crippen LogP contribution >= 0.6 is 15.9 Å². The van der Waals surface area contributed by atoms with Crippen molar-refractivity contribution in [2.24, 2.45) is 5.73 Å². The molecule has 1 fully saturated rings. The highest BCUT2D eigenvalue weighted by molar-refractivity contribution is 9.10. The number of nitrogens with zero attached hydrogens (tertiary/aromatic N) is 5. The Kier molecular flexibility index (Phi) is 5.22. The molecule has 1 aromatic carbocycles. The average Bonchev–Trinajstić information content (AvgIpc) is 3.09. The van der Waals surface area contributed by atoms with Gasteiger partial charge in [0.25, 0.3) is 0 Å². The van der Waals surface area contributed by atoms with E-state index in [1.165, 1.54) is 0 Å². The molecule has 2 aromatic heterocycles. The summed E-state index contributed by atoms with van der Waals surface area (Å²) in [5.41, 5.74) is 8.33. The number of hydrogen-bond acceptors (Lipinski definition) is 7. The molecule has 0 bridgehead atoms. The Morgan fingerprint density at radius 1 is 1.15 bits per heavy atom. The van der Waals surface area contributed by atoms with Gasteiger partial charge in [-0.15, -0.1) is 5.10 Å². The summed E-state index contributed by atoms with van der Waals surface area (Å²) in [6, 6.07) is 8.58. The van der Waals surface area contributed by atoms with Gasteiger partial charge >= 0.3 is 0 Å². The summed E-state index contributed by atoms with van der Waals surface area (Å²) in [5.74, 6) is 1.25. The summed E-state index contributed by atoms with van der Waals surface area (Å²) >= 11 is 3.46. The quantitative estimate of drug-likeness (QED) is 0.568. The van der Waals surface area contributed by atoms with Crippen LogP contribution in [0.5, 0.6) is 0 Å². The smallest absolute Gasteiger partial charge is 0.227 e. The minimum absolute atomic E-state index is 0.312. The van der Waals surface area contributed by atoms with Crippen molar-refractivity contribution in [1.29, 1.82) is 0 Å². The van der Waals surface area contributed by atoms with Crippen LogP contribution in [-0.4, -0.2) is 37.0 Å². The number of rotatable bonds is 5. The molecule has 1 aliphatic carbocycles. The van der Waals surface area contributed by atoms with Crippen molar-refractivity contribution in [1.82, 2.24) is 25.0 Å². The second kappa shape index (κ2) is 7.77. The van der Waals surface area contributed by atoms with Crippen LogP contribution in [0.4, 0.5) is 17.5 Å². The van der Waals surface area contributed by atoms with Gasteiger partial charge in [0.1, 0.15) is 0 Å². The van der Waals surface area contributed by atoms with E-state index in [0.29, 0.717) is 35.9 Å². The third kappa shape index (κ3) is 4.03. The zero-order valence-electron chi connectivity index (χ0n) is 15.2. The molecule has 4 N–H and O–H groups in total. The van der Waals surface area contributed by atoms with Gasteiger partial charge in [0.05, 0.1) is 0 Å². The monoisotopic (exact) mass is 430 g/mol. The van der Waals surface area contributed by atoms with E-state index in [1.807, 2.05) is 31.2 Å². The second-order valence-electron chi connectivity index (χ2n) is 6.86. The highest BCUT2D eigenvalue weighted by atomic mass is 79.9. The molecular weight excluding hydrogens is 408 g/mol. The van der Waals surface area contributed by atoms with Gasteiger partial charge in [0, 0.05) is 28.8 Å². The zero-order chi connectivity index (χ0) is 18.8. The van der Waals surface area contributed by atoms with Crippen LogP contribution in [0.3, 0.4) is 0 Å². The lowest BCUT2D eigenvalue weighted by Gasteiger charge is -2.26. The molecule has 3 aromatic rings. The number of hydrogen-bond donors (Lipinski definition) is 3. The number of nitrogens with one attached hydrogen (secondary N) is 2. The molecule has 0 atom stereocenters. The molecule has 0 amide bonds. The van der Waals surface area contributed by atoms with Crippen LogP contribution in [-0.2, 0) is 6.54 Å². The Morgan fingerprint density at radius 2 is 1.89 bits per heavy atom. The van der Waals surface area contributed by atoms with Crippen molar-refractivity contribution in [2.75, 3.05) is 10.6 Å². The van der Waals surface area contributed by atoms with Gasteiger partial charge in [-0.2, -0.15) is 9.97 Å². The van der Waals surface area contributed by atoms with E-state index in [1.54, 1.807) is 4.68 Å². The number of benzene rings is 1. The topological polar surface area (TPSA) is 107 Å². The van der Waals surface area contributed by atoms with Gasteiger partial charge in [-0.25, -0.2) is 4.68 Å². The fourth-order valence-electron chi connectivity index (χ4n) is 3.34. The van der Waals surface area contributed by atoms with Crippen LogP contribution in [0.1, 0.15) is 32.6 Å². The largest absolute Gasteiger partial charge is 0.351 e. The van der Waals surface area contributed by atoms with Crippen LogP contribution in [0, 0.1) is 0 Å². The number of anilines is 3. The molecule has 2 heterocycles. The van der Waals surface area contributed by atoms with Crippen LogP contribution in [0.2, 0.25) is 0 Å². The lowest BCUT2D eigenvalue weighted by molar-refractivity contribution is 0.410. The first-order valence-electron chi connectivity index (χ1n) is 9.28. The summed E-state index contributed by atoms with van der Waals surface area (Å²) in [5, 5.41) is 15.3. The molecule has 0 spiro atoms. The Balaban J connectivity index is 1.66. The maximum absolute atomic E-state index is 6.02. The molecule has 0 radical (unpaired) electrons. The molecule has 142 valence electrons. The normalized spacial score (nSPS) is 20.0. The van der Waals surface area contributed by atoms with Crippen molar-refractivity contribution >= 4 is 44.5 Å². The maximum Gasteiger partial charge on any atom is 0.227 e. The van der Waals surface area contributed by atoms with E-state index in [0.717, 1.165) is 41.5 Å². The molecule has 8 nitrogen and oxygen atoms in total. The van der Waals surface area contributed by atoms with Crippen molar-refractivity contribution in [3.8, 4) is 0 Å². The third-order valence-electron chi connectivity index (χ3n) is 4.87. The number of nitrogens with two attached hydrogens (primary N) is 1. The third-order valence-corrected chi connectivity index (χ3v) is 5.40. The number of aromatic nitrogens is 5. The lowest BCUT2D eigenvalue weighted by Crippen LogP contribution is -2.33. The van der Waals surface area contributed by atoms with Crippen LogP contribution < -0.4 is 16.4 Å². The van der Waals surface area contributed by atoms with E-state index in [2.05, 4.69) is 46.8 Å². The number of aryl methyl sites for hydroxylation is 1. The van der Waals surface area contributed by atoms with Crippen LogP contribution in [0.15, 0.2) is 28.7 Å². The van der Waals surface area contributed by atoms with E-state index in [4.69, 9.17) is 5.73 Å². The fourth-order valence-corrected chi connectivity index (χ4v) is 3.60. The summed E-state index contributed by atoms with van der Waals surface area (Å²) < 4.78 is 2.81. The highest BCUT2D eigenvalue weighted by Gasteiger charge is 2.21. The van der Waals surface area contributed by atoms with Gasteiger partial charge in [0.2, 0.25) is 5.95 Å². The van der Waals surface area contributed by atoms with Crippen molar-refractivity contribution in [3.63, 3.8) is 0 Å². The second-order valence-corrected chi connectivity index (χ2v) is 7.78. The lowest BCUT2D eigenvalue weighted by atomic mass is 9.92. The predicted molar refractivity (Wildman–Crippen MR) is 110 cm³/mol. The van der Waals surface area contributed by atoms with Gasteiger partial charge in [-0.1, -0.05) is 21.1 Å². The minimum atomic E-state index is 0.312. The van der Waals surface area contributed by atoms with Gasteiger partial charge < -0.3 is 16.4 Å². The molecule has 1 saturated carbocycles. The first-order valence-corrected chi connectivity index (χ1v) is 10.1. The Labute approximate surface area is 166 Å². The molecule has 0 unspecified atom stereocenters. The van der Waals surface area contributed by atoms with Crippen molar-refractivity contribution < 1.29 is 0 Å². The predicted octanol–water partition coefficient (Wildman–Crippen LogP) is 3.43. The Morgan fingerprint density at radius 3 is 2.59 bits per heavy atom. The first kappa shape index (κ1) is 18.1. The summed E-state index contributed by atoms with van der Waals surface area (Å²) in [4.78, 5) is 9.36. The molecule has 27 heavy (non-hydrogen) atoms. The first-order chi connectivity index (χ1) is 13.1. The van der Waals surface area contributed by atoms with Gasteiger partial charge in [-0.3, -0.25) is 0 Å². The number of halogens is 1. The molecule has 0 saturated heterocycles. The molecule has 1 aliphatic rings. The fraction of sp³-hybridized carbons (Fsp3) is 0.444. The SMILES string of the molecule is CCn1nnc2c(Nc3ccc(Br)cc3)nc(NC3CCC(N)CC3)nc21. The number of fused-ring (bicyclic) bond motifs is 1. The molecule has 9 heteroatoms. The Bertz CT molecular complexity index is 915. The van der Waals surface area contributed by atoms with E-state index in [9.17, 15) is 0 Å². The van der Waals surface area contributed by atoms with E-state index < -0.39 is 0 Å². The molecule has 0 aliphatic heterocycles. The average molecular weight is 431 g/mol. The summed E-state index contributed by atoms with van der Waals surface area (Å²) in [6.07, 6.45) is 4.11. The van der Waals surface area contributed by atoms with Crippen LogP contribution in [0.25, 0.3) is 11.2 Å². The van der Waals surface area contributed by atoms with Gasteiger partial charge in [0.15, 0.2) is 17.0 Å². The zero-order valence-corrected chi connectivity index (χ0v) is 16.8. The maximum atomic E-state index is 6.02. The summed E-state index contributed by atoms with van der Waals surface area (Å²) in [7, 11) is 0. The highest BCUT2D eigenvalue weighted by Crippen LogP contribution is 2.26. The summed E-state index contributed by atoms with van der Waals surface area (Å²) in [6.45, 7) is 2.72. The molecular formula is C18H23BrN8. The van der Waals surface area contributed by atoms with Crippen molar-refractivity contribution in [3.05, 3.63) is 28.7 Å². The molecule has 4 rings (SSSR count). The standard InChI is InChI=1S/C18H23BrN8/c1-2-27-17-15(25-26-27)16(21-13-7-3-11(19)4-8-13)23-18(24-17)22-14-9-5-12(20)6-10-14/h3-4,7-8,12,14H,2,5-6,9-10,20H2,1H3,(H2,21,22,23,24). The van der Waals surface area contributed by atoms with Gasteiger partial charge in [-0.05, 0) is 56.9 Å².